The maximum absolute atomic E-state index is 13.5. The van der Waals surface area contributed by atoms with E-state index in [2.05, 4.69) is 5.32 Å². The van der Waals surface area contributed by atoms with Gasteiger partial charge in [-0.1, -0.05) is 37.1 Å². The number of aliphatic hydroxyl groups is 1. The number of nitrogens with one attached hydrogen (secondary N) is 1. The summed E-state index contributed by atoms with van der Waals surface area (Å²) in [4.78, 5) is 29.8. The minimum atomic E-state index is -0.432. The molecular formula is C24H26FN3O3. The summed E-state index contributed by atoms with van der Waals surface area (Å²) < 4.78 is 13.5. The molecule has 2 aromatic rings. The van der Waals surface area contributed by atoms with Gasteiger partial charge in [-0.25, -0.2) is 9.18 Å². The summed E-state index contributed by atoms with van der Waals surface area (Å²) >= 11 is 0. The number of nitrogens with zero attached hydrogens (tertiary/aromatic N) is 2. The van der Waals surface area contributed by atoms with Crippen molar-refractivity contribution in [2.45, 2.75) is 43.7 Å². The number of hydrogen-bond donors (Lipinski definition) is 2. The Labute approximate surface area is 180 Å². The molecule has 162 valence electrons. The van der Waals surface area contributed by atoms with Gasteiger partial charge in [0.2, 0.25) is 5.91 Å². The smallest absolute Gasteiger partial charge is 0.322 e. The second-order valence-corrected chi connectivity index (χ2v) is 8.68. The number of rotatable bonds is 3. The number of fused-ring (bicyclic) bond motifs is 3. The quantitative estimate of drug-likeness (QED) is 0.790. The average molecular weight is 423 g/mol. The molecule has 6 nitrogen and oxygen atoms in total. The summed E-state index contributed by atoms with van der Waals surface area (Å²) in [5.74, 6) is -0.306. The molecule has 1 saturated heterocycles. The van der Waals surface area contributed by atoms with Crippen LogP contribution in [0.1, 0.15) is 37.2 Å². The molecule has 2 aliphatic heterocycles. The topological polar surface area (TPSA) is 72.9 Å². The third-order valence-electron chi connectivity index (χ3n) is 6.97. The second kappa shape index (κ2) is 7.96. The molecule has 0 aromatic heterocycles. The zero-order valence-electron chi connectivity index (χ0n) is 17.2. The number of carbonyl (C=O) groups is 2. The van der Waals surface area contributed by atoms with Gasteiger partial charge in [-0.05, 0) is 42.7 Å². The molecule has 31 heavy (non-hydrogen) atoms. The van der Waals surface area contributed by atoms with Crippen molar-refractivity contribution in [3.8, 4) is 0 Å². The van der Waals surface area contributed by atoms with Crippen LogP contribution in [0, 0.1) is 11.7 Å². The van der Waals surface area contributed by atoms with Crippen molar-refractivity contribution in [1.29, 1.82) is 0 Å². The predicted molar refractivity (Wildman–Crippen MR) is 115 cm³/mol. The molecule has 1 aliphatic carbocycles. The van der Waals surface area contributed by atoms with Crippen LogP contribution in [-0.2, 0) is 4.79 Å². The lowest BCUT2D eigenvalue weighted by Gasteiger charge is -2.58. The fourth-order valence-electron chi connectivity index (χ4n) is 5.52. The van der Waals surface area contributed by atoms with Crippen molar-refractivity contribution in [3.05, 3.63) is 59.9 Å². The van der Waals surface area contributed by atoms with Gasteiger partial charge in [0.25, 0.3) is 0 Å². The van der Waals surface area contributed by atoms with Crippen LogP contribution in [0.5, 0.6) is 0 Å². The molecule has 3 aliphatic rings. The highest BCUT2D eigenvalue weighted by atomic mass is 19.1. The van der Waals surface area contributed by atoms with E-state index in [1.54, 1.807) is 11.0 Å². The Bertz CT molecular complexity index is 1010. The zero-order valence-corrected chi connectivity index (χ0v) is 17.2. The Hall–Kier alpha value is -2.93. The Morgan fingerprint density at radius 1 is 1.10 bits per heavy atom. The van der Waals surface area contributed by atoms with Crippen LogP contribution in [-0.4, -0.2) is 47.2 Å². The monoisotopic (exact) mass is 423 g/mol. The molecule has 0 bridgehead atoms. The molecule has 2 fully saturated rings. The SMILES string of the molecule is O=C(C1CCCC1)N1C[C@@H]2[C@H](c3ccccc31)[C@@H](CO)N2C(=O)Nc1cccc(F)c1. The van der Waals surface area contributed by atoms with E-state index in [0.717, 1.165) is 36.9 Å². The summed E-state index contributed by atoms with van der Waals surface area (Å²) in [6.45, 7) is 0.229. The first-order valence-electron chi connectivity index (χ1n) is 10.9. The number of halogens is 1. The third-order valence-corrected chi connectivity index (χ3v) is 6.97. The van der Waals surface area contributed by atoms with Crippen molar-refractivity contribution >= 4 is 23.3 Å². The van der Waals surface area contributed by atoms with E-state index in [1.165, 1.54) is 18.2 Å². The molecule has 0 unspecified atom stereocenters. The van der Waals surface area contributed by atoms with E-state index in [4.69, 9.17) is 0 Å². The maximum Gasteiger partial charge on any atom is 0.322 e. The highest BCUT2D eigenvalue weighted by Gasteiger charge is 2.55. The van der Waals surface area contributed by atoms with Crippen molar-refractivity contribution in [2.24, 2.45) is 5.92 Å². The first kappa shape index (κ1) is 20.0. The van der Waals surface area contributed by atoms with Crippen LogP contribution in [0.25, 0.3) is 0 Å². The second-order valence-electron chi connectivity index (χ2n) is 8.68. The Kier molecular flexibility index (Phi) is 5.14. The fourth-order valence-corrected chi connectivity index (χ4v) is 5.52. The Morgan fingerprint density at radius 3 is 2.61 bits per heavy atom. The summed E-state index contributed by atoms with van der Waals surface area (Å²) in [6.07, 6.45) is 3.97. The summed E-state index contributed by atoms with van der Waals surface area (Å²) in [5, 5.41) is 12.8. The third kappa shape index (κ3) is 3.37. The predicted octanol–water partition coefficient (Wildman–Crippen LogP) is 3.72. The molecule has 2 aromatic carbocycles. The number of hydrogen-bond acceptors (Lipinski definition) is 3. The first-order chi connectivity index (χ1) is 15.1. The van der Waals surface area contributed by atoms with Gasteiger partial charge in [0, 0.05) is 29.8 Å². The van der Waals surface area contributed by atoms with E-state index in [0.29, 0.717) is 12.2 Å². The lowest BCUT2D eigenvalue weighted by atomic mass is 9.72. The Morgan fingerprint density at radius 2 is 1.87 bits per heavy atom. The van der Waals surface area contributed by atoms with Crippen molar-refractivity contribution < 1.29 is 19.1 Å². The molecule has 3 amide bonds. The molecular weight excluding hydrogens is 397 g/mol. The number of carbonyl (C=O) groups excluding carboxylic acids is 2. The number of para-hydroxylation sites is 1. The first-order valence-corrected chi connectivity index (χ1v) is 10.9. The van der Waals surface area contributed by atoms with Gasteiger partial charge >= 0.3 is 6.03 Å². The van der Waals surface area contributed by atoms with Gasteiger partial charge in [0.1, 0.15) is 5.82 Å². The molecule has 0 radical (unpaired) electrons. The van der Waals surface area contributed by atoms with Crippen LogP contribution in [0.2, 0.25) is 0 Å². The lowest BCUT2D eigenvalue weighted by molar-refractivity contribution is -0.123. The van der Waals surface area contributed by atoms with Crippen molar-refractivity contribution in [2.75, 3.05) is 23.4 Å². The van der Waals surface area contributed by atoms with Crippen LogP contribution < -0.4 is 10.2 Å². The summed E-state index contributed by atoms with van der Waals surface area (Å²) in [7, 11) is 0. The number of benzene rings is 2. The molecule has 1 saturated carbocycles. The zero-order chi connectivity index (χ0) is 21.5. The van der Waals surface area contributed by atoms with Crippen LogP contribution >= 0.6 is 0 Å². The van der Waals surface area contributed by atoms with Gasteiger partial charge < -0.3 is 20.2 Å². The molecule has 2 N–H and O–H groups in total. The number of aliphatic hydroxyl groups excluding tert-OH is 1. The lowest BCUT2D eigenvalue weighted by Crippen LogP contribution is -2.71. The molecule has 3 atom stereocenters. The minimum Gasteiger partial charge on any atom is -0.394 e. The minimum absolute atomic E-state index is 0.0351. The summed E-state index contributed by atoms with van der Waals surface area (Å²) in [5.41, 5.74) is 2.25. The van der Waals surface area contributed by atoms with Gasteiger partial charge in [0.05, 0.1) is 18.7 Å². The van der Waals surface area contributed by atoms with E-state index in [-0.39, 0.29) is 36.4 Å². The van der Waals surface area contributed by atoms with Gasteiger partial charge in [-0.2, -0.15) is 0 Å². The van der Waals surface area contributed by atoms with Crippen molar-refractivity contribution in [1.82, 2.24) is 4.90 Å². The highest BCUT2D eigenvalue weighted by molar-refractivity contribution is 5.98. The number of amides is 3. The van der Waals surface area contributed by atoms with Gasteiger partial charge in [-0.3, -0.25) is 4.79 Å². The van der Waals surface area contributed by atoms with E-state index >= 15 is 0 Å². The number of urea groups is 1. The molecule has 0 spiro atoms. The van der Waals surface area contributed by atoms with Crippen LogP contribution in [0.15, 0.2) is 48.5 Å². The largest absolute Gasteiger partial charge is 0.394 e. The fraction of sp³-hybridized carbons (Fsp3) is 0.417. The number of likely N-dealkylation sites (tertiary alicyclic amines) is 1. The number of anilines is 2. The van der Waals surface area contributed by atoms with E-state index in [9.17, 15) is 19.1 Å². The van der Waals surface area contributed by atoms with Gasteiger partial charge in [0.15, 0.2) is 0 Å². The normalized spacial score (nSPS) is 24.9. The van der Waals surface area contributed by atoms with E-state index in [1.807, 2.05) is 29.2 Å². The average Bonchev–Trinajstić information content (AvgIpc) is 3.28. The summed E-state index contributed by atoms with van der Waals surface area (Å²) in [6, 6.07) is 12.5. The van der Waals surface area contributed by atoms with Crippen molar-refractivity contribution in [3.63, 3.8) is 0 Å². The van der Waals surface area contributed by atoms with Gasteiger partial charge in [-0.15, -0.1) is 0 Å². The standard InChI is InChI=1S/C24H26FN3O3/c25-16-8-5-9-17(12-16)26-24(31)28-20-13-27(23(30)15-6-1-2-7-15)19-11-4-3-10-18(19)22(20)21(28)14-29/h3-5,8-12,15,20-22,29H,1-2,6-7,13-14H2,(H,26,31)/t20-,21-,22+/m1/s1. The highest BCUT2D eigenvalue weighted by Crippen LogP contribution is 2.49. The Balaban J connectivity index is 1.43. The molecule has 5 rings (SSSR count). The maximum atomic E-state index is 13.5. The van der Waals surface area contributed by atoms with E-state index < -0.39 is 11.8 Å². The van der Waals surface area contributed by atoms with Crippen LogP contribution in [0.3, 0.4) is 0 Å². The molecule has 7 heteroatoms. The van der Waals surface area contributed by atoms with Crippen LogP contribution in [0.4, 0.5) is 20.6 Å². The molecule has 2 heterocycles.